The third-order valence-electron chi connectivity index (χ3n) is 4.23. The van der Waals surface area contributed by atoms with Crippen LogP contribution in [0.15, 0.2) is 35.6 Å². The van der Waals surface area contributed by atoms with Crippen LogP contribution < -0.4 is 10.6 Å². The molecule has 0 aliphatic carbocycles. The van der Waals surface area contributed by atoms with Gasteiger partial charge in [-0.25, -0.2) is 0 Å². The zero-order chi connectivity index (χ0) is 20.7. The lowest BCUT2D eigenvalue weighted by Gasteiger charge is -2.22. The van der Waals surface area contributed by atoms with E-state index in [1.807, 2.05) is 40.5 Å². The average Bonchev–Trinajstić information content (AvgIpc) is 3.04. The standard InChI is InChI=1S/C19H28Cl2N6O/c1-5-22-19(23-10-17(26(2)3)14-9-25-27(4)12-14)24-11-18(28)13-6-15(20)8-16(21)7-13/h6-9,12,17-18,28H,5,10-11H2,1-4H3,(H2,22,23,24). The van der Waals surface area contributed by atoms with E-state index < -0.39 is 6.10 Å². The highest BCUT2D eigenvalue weighted by Crippen LogP contribution is 2.23. The number of aliphatic hydroxyl groups is 1. The molecule has 2 rings (SSSR count). The van der Waals surface area contributed by atoms with Gasteiger partial charge in [-0.3, -0.25) is 9.67 Å². The van der Waals surface area contributed by atoms with Crippen molar-refractivity contribution in [3.8, 4) is 0 Å². The zero-order valence-corrected chi connectivity index (χ0v) is 18.2. The van der Waals surface area contributed by atoms with E-state index in [0.717, 1.165) is 5.56 Å². The van der Waals surface area contributed by atoms with Crippen molar-refractivity contribution in [2.45, 2.75) is 19.1 Å². The lowest BCUT2D eigenvalue weighted by molar-refractivity contribution is 0.181. The highest BCUT2D eigenvalue weighted by atomic mass is 35.5. The maximum atomic E-state index is 10.5. The van der Waals surface area contributed by atoms with Crippen molar-refractivity contribution in [3.63, 3.8) is 0 Å². The summed E-state index contributed by atoms with van der Waals surface area (Å²) in [6, 6.07) is 5.14. The molecule has 0 amide bonds. The molecule has 2 aromatic rings. The summed E-state index contributed by atoms with van der Waals surface area (Å²) in [4.78, 5) is 6.78. The fourth-order valence-electron chi connectivity index (χ4n) is 2.78. The Bertz CT molecular complexity index is 772. The third kappa shape index (κ3) is 6.67. The van der Waals surface area contributed by atoms with E-state index in [4.69, 9.17) is 23.2 Å². The van der Waals surface area contributed by atoms with E-state index in [-0.39, 0.29) is 12.6 Å². The molecule has 1 heterocycles. The van der Waals surface area contributed by atoms with Crippen molar-refractivity contribution in [1.82, 2.24) is 25.3 Å². The first kappa shape index (κ1) is 22.5. The summed E-state index contributed by atoms with van der Waals surface area (Å²) < 4.78 is 1.78. The molecule has 0 aliphatic heterocycles. The Morgan fingerprint density at radius 1 is 1.21 bits per heavy atom. The number of likely N-dealkylation sites (N-methyl/N-ethyl adjacent to an activating group) is 1. The average molecular weight is 427 g/mol. The first-order valence-electron chi connectivity index (χ1n) is 9.11. The number of aliphatic imine (C=N–C) groups is 1. The smallest absolute Gasteiger partial charge is 0.191 e. The number of benzene rings is 1. The Morgan fingerprint density at radius 3 is 2.43 bits per heavy atom. The van der Waals surface area contributed by atoms with Crippen molar-refractivity contribution in [3.05, 3.63) is 51.8 Å². The van der Waals surface area contributed by atoms with E-state index in [0.29, 0.717) is 34.7 Å². The zero-order valence-electron chi connectivity index (χ0n) is 16.7. The molecule has 2 unspecified atom stereocenters. The number of hydrogen-bond acceptors (Lipinski definition) is 4. The number of nitrogens with zero attached hydrogens (tertiary/aromatic N) is 4. The minimum absolute atomic E-state index is 0.0980. The molecule has 154 valence electrons. The number of guanidine groups is 1. The van der Waals surface area contributed by atoms with E-state index >= 15 is 0 Å². The Balaban J connectivity index is 2.04. The number of hydrogen-bond donors (Lipinski definition) is 3. The lowest BCUT2D eigenvalue weighted by atomic mass is 10.1. The van der Waals surface area contributed by atoms with Crippen LogP contribution in [0.5, 0.6) is 0 Å². The number of aromatic nitrogens is 2. The van der Waals surface area contributed by atoms with E-state index in [2.05, 4.69) is 25.6 Å². The van der Waals surface area contributed by atoms with Crippen molar-refractivity contribution < 1.29 is 5.11 Å². The predicted octanol–water partition coefficient (Wildman–Crippen LogP) is 2.62. The summed E-state index contributed by atoms with van der Waals surface area (Å²) in [7, 11) is 5.93. The number of nitrogens with one attached hydrogen (secondary N) is 2. The van der Waals surface area contributed by atoms with Crippen molar-refractivity contribution in [2.24, 2.45) is 12.0 Å². The molecular weight excluding hydrogens is 399 g/mol. The molecule has 2 atom stereocenters. The quantitative estimate of drug-likeness (QED) is 0.446. The molecule has 1 aromatic carbocycles. The highest BCUT2D eigenvalue weighted by Gasteiger charge is 2.16. The fourth-order valence-corrected chi connectivity index (χ4v) is 3.32. The summed E-state index contributed by atoms with van der Waals surface area (Å²) >= 11 is 12.0. The summed E-state index contributed by atoms with van der Waals surface area (Å²) in [5.74, 6) is 0.630. The Labute approximate surface area is 176 Å². The molecule has 0 saturated carbocycles. The van der Waals surface area contributed by atoms with E-state index in [1.54, 1.807) is 22.9 Å². The number of aliphatic hydroxyl groups excluding tert-OH is 1. The largest absolute Gasteiger partial charge is 0.387 e. The number of aryl methyl sites for hydroxylation is 1. The highest BCUT2D eigenvalue weighted by molar-refractivity contribution is 6.34. The second-order valence-electron chi connectivity index (χ2n) is 6.75. The Hall–Kier alpha value is -1.80. The van der Waals surface area contributed by atoms with Crippen molar-refractivity contribution >= 4 is 29.2 Å². The molecule has 0 saturated heterocycles. The second-order valence-corrected chi connectivity index (χ2v) is 7.62. The first-order chi connectivity index (χ1) is 13.3. The molecule has 7 nitrogen and oxygen atoms in total. The number of halogens is 2. The van der Waals surface area contributed by atoms with Gasteiger partial charge < -0.3 is 20.6 Å². The molecule has 0 spiro atoms. The summed E-state index contributed by atoms with van der Waals surface area (Å²) in [5.41, 5.74) is 1.75. The minimum atomic E-state index is -0.761. The van der Waals surface area contributed by atoms with Gasteiger partial charge in [0.25, 0.3) is 0 Å². The lowest BCUT2D eigenvalue weighted by Crippen LogP contribution is -2.40. The van der Waals surface area contributed by atoms with Crippen LogP contribution in [0.25, 0.3) is 0 Å². The van der Waals surface area contributed by atoms with Crippen LogP contribution in [0.1, 0.15) is 30.2 Å². The van der Waals surface area contributed by atoms with Gasteiger partial charge >= 0.3 is 0 Å². The van der Waals surface area contributed by atoms with E-state index in [9.17, 15) is 5.11 Å². The van der Waals surface area contributed by atoms with Crippen LogP contribution in [0.3, 0.4) is 0 Å². The van der Waals surface area contributed by atoms with Crippen LogP contribution in [-0.4, -0.2) is 59.5 Å². The van der Waals surface area contributed by atoms with Gasteiger partial charge in [0.2, 0.25) is 0 Å². The van der Waals surface area contributed by atoms with Crippen LogP contribution in [0.4, 0.5) is 0 Å². The van der Waals surface area contributed by atoms with Crippen LogP contribution >= 0.6 is 23.2 Å². The van der Waals surface area contributed by atoms with Crippen LogP contribution in [0.2, 0.25) is 10.0 Å². The predicted molar refractivity (Wildman–Crippen MR) is 115 cm³/mol. The summed E-state index contributed by atoms with van der Waals surface area (Å²) in [5, 5.41) is 22.1. The molecule has 9 heteroatoms. The summed E-state index contributed by atoms with van der Waals surface area (Å²) in [6.07, 6.45) is 3.09. The molecular formula is C19H28Cl2N6O. The minimum Gasteiger partial charge on any atom is -0.387 e. The molecule has 0 fully saturated rings. The maximum Gasteiger partial charge on any atom is 0.191 e. The number of rotatable bonds is 8. The molecule has 0 radical (unpaired) electrons. The molecule has 0 aliphatic rings. The van der Waals surface area contributed by atoms with Gasteiger partial charge in [-0.1, -0.05) is 23.2 Å². The normalized spacial score (nSPS) is 14.2. The van der Waals surface area contributed by atoms with Gasteiger partial charge in [-0.2, -0.15) is 5.10 Å². The monoisotopic (exact) mass is 426 g/mol. The van der Waals surface area contributed by atoms with Gasteiger partial charge in [0.15, 0.2) is 5.96 Å². The van der Waals surface area contributed by atoms with Gasteiger partial charge in [-0.15, -0.1) is 0 Å². The van der Waals surface area contributed by atoms with Gasteiger partial charge in [0, 0.05) is 41.9 Å². The molecule has 3 N–H and O–H groups in total. The maximum absolute atomic E-state index is 10.5. The Kier molecular flexibility index (Phi) is 8.57. The van der Waals surface area contributed by atoms with Crippen molar-refractivity contribution in [1.29, 1.82) is 0 Å². The van der Waals surface area contributed by atoms with E-state index in [1.165, 1.54) is 0 Å². The van der Waals surface area contributed by atoms with Gasteiger partial charge in [0.1, 0.15) is 0 Å². The fraction of sp³-hybridized carbons (Fsp3) is 0.474. The first-order valence-corrected chi connectivity index (χ1v) is 9.87. The molecule has 28 heavy (non-hydrogen) atoms. The molecule has 1 aromatic heterocycles. The third-order valence-corrected chi connectivity index (χ3v) is 4.67. The topological polar surface area (TPSA) is 77.7 Å². The second kappa shape index (κ2) is 10.7. The van der Waals surface area contributed by atoms with Gasteiger partial charge in [-0.05, 0) is 44.8 Å². The van der Waals surface area contributed by atoms with Crippen LogP contribution in [-0.2, 0) is 7.05 Å². The van der Waals surface area contributed by atoms with Crippen LogP contribution in [0, 0.1) is 0 Å². The SMILES string of the molecule is CCNC(=NCC(c1cnn(C)c1)N(C)C)NCC(O)c1cc(Cl)cc(Cl)c1. The summed E-state index contributed by atoms with van der Waals surface area (Å²) in [6.45, 7) is 3.54. The Morgan fingerprint density at radius 2 is 1.89 bits per heavy atom. The van der Waals surface area contributed by atoms with Gasteiger partial charge in [0.05, 0.1) is 24.9 Å². The molecule has 0 bridgehead atoms. The van der Waals surface area contributed by atoms with Crippen molar-refractivity contribution in [2.75, 3.05) is 33.7 Å².